The van der Waals surface area contributed by atoms with Gasteiger partial charge in [0.1, 0.15) is 0 Å². The van der Waals surface area contributed by atoms with Gasteiger partial charge in [0.05, 0.1) is 11.3 Å². The van der Waals surface area contributed by atoms with Crippen molar-refractivity contribution in [3.63, 3.8) is 0 Å². The summed E-state index contributed by atoms with van der Waals surface area (Å²) in [4.78, 5) is 11.2. The number of fused-ring (bicyclic) bond motifs is 1. The number of aryl methyl sites for hydroxylation is 1. The van der Waals surface area contributed by atoms with Crippen molar-refractivity contribution in [1.29, 1.82) is 0 Å². The third kappa shape index (κ3) is 1.42. The van der Waals surface area contributed by atoms with E-state index in [1.54, 1.807) is 12.1 Å². The molecule has 1 heterocycles. The second kappa shape index (κ2) is 2.85. The smallest absolute Gasteiger partial charge is 0.344 e. The van der Waals surface area contributed by atoms with Gasteiger partial charge in [-0.25, -0.2) is 4.79 Å². The Bertz CT molecular complexity index is 402. The van der Waals surface area contributed by atoms with Crippen molar-refractivity contribution in [3.8, 4) is 0 Å². The SMILES string of the molecule is Cc1ccc2c(c1)C(=O)OS(=O)N2. The molecule has 1 aliphatic rings. The molecule has 13 heavy (non-hydrogen) atoms. The third-order valence-corrected chi connectivity index (χ3v) is 2.43. The third-order valence-electron chi connectivity index (χ3n) is 1.74. The Morgan fingerprint density at radius 1 is 1.46 bits per heavy atom. The lowest BCUT2D eigenvalue weighted by atomic mass is 10.1. The Kier molecular flexibility index (Phi) is 1.81. The van der Waals surface area contributed by atoms with Crippen LogP contribution in [0, 0.1) is 6.92 Å². The average molecular weight is 197 g/mol. The summed E-state index contributed by atoms with van der Waals surface area (Å²) >= 11 is -1.74. The zero-order chi connectivity index (χ0) is 9.42. The molecule has 1 atom stereocenters. The monoisotopic (exact) mass is 197 g/mol. The summed E-state index contributed by atoms with van der Waals surface area (Å²) in [6, 6.07) is 5.24. The van der Waals surface area contributed by atoms with Crippen LogP contribution in [-0.2, 0) is 15.4 Å². The lowest BCUT2D eigenvalue weighted by molar-refractivity contribution is 0.0756. The van der Waals surface area contributed by atoms with Crippen LogP contribution in [0.25, 0.3) is 0 Å². The van der Waals surface area contributed by atoms with Crippen molar-refractivity contribution in [2.24, 2.45) is 0 Å². The first-order chi connectivity index (χ1) is 6.16. The van der Waals surface area contributed by atoms with E-state index in [1.807, 2.05) is 13.0 Å². The molecule has 0 radical (unpaired) electrons. The Hall–Kier alpha value is -1.36. The number of carbonyl (C=O) groups is 1. The summed E-state index contributed by atoms with van der Waals surface area (Å²) < 4.78 is 17.9. The van der Waals surface area contributed by atoms with Crippen LogP contribution in [0.1, 0.15) is 15.9 Å². The molecule has 4 nitrogen and oxygen atoms in total. The summed E-state index contributed by atoms with van der Waals surface area (Å²) in [5.74, 6) is -0.546. The maximum absolute atomic E-state index is 11.2. The lowest BCUT2D eigenvalue weighted by Crippen LogP contribution is -2.21. The lowest BCUT2D eigenvalue weighted by Gasteiger charge is -2.15. The summed E-state index contributed by atoms with van der Waals surface area (Å²) in [7, 11) is 0. The Morgan fingerprint density at radius 3 is 3.00 bits per heavy atom. The van der Waals surface area contributed by atoms with E-state index >= 15 is 0 Å². The van der Waals surface area contributed by atoms with Gasteiger partial charge in [0.15, 0.2) is 0 Å². The number of benzene rings is 1. The molecule has 2 rings (SSSR count). The molecule has 0 saturated carbocycles. The molecule has 0 amide bonds. The Balaban J connectivity index is 2.55. The second-order valence-electron chi connectivity index (χ2n) is 2.76. The molecule has 68 valence electrons. The van der Waals surface area contributed by atoms with Crippen molar-refractivity contribution in [3.05, 3.63) is 29.3 Å². The highest BCUT2D eigenvalue weighted by Crippen LogP contribution is 2.23. The van der Waals surface area contributed by atoms with Crippen LogP contribution in [0.4, 0.5) is 5.69 Å². The van der Waals surface area contributed by atoms with Crippen molar-refractivity contribution in [1.82, 2.24) is 0 Å². The van der Waals surface area contributed by atoms with Gasteiger partial charge in [-0.1, -0.05) is 11.6 Å². The van der Waals surface area contributed by atoms with Gasteiger partial charge in [-0.3, -0.25) is 4.72 Å². The molecule has 0 saturated heterocycles. The molecule has 5 heteroatoms. The van der Waals surface area contributed by atoms with Crippen LogP contribution < -0.4 is 4.72 Å². The zero-order valence-electron chi connectivity index (χ0n) is 6.87. The predicted molar refractivity (Wildman–Crippen MR) is 48.4 cm³/mol. The highest BCUT2D eigenvalue weighted by molar-refractivity contribution is 7.82. The molecule has 1 aromatic carbocycles. The Morgan fingerprint density at radius 2 is 2.23 bits per heavy atom. The summed E-state index contributed by atoms with van der Waals surface area (Å²) in [5.41, 5.74) is 1.95. The number of carbonyl (C=O) groups excluding carboxylic acids is 1. The minimum absolute atomic E-state index is 0.430. The van der Waals surface area contributed by atoms with Crippen LogP contribution in [0.3, 0.4) is 0 Å². The van der Waals surface area contributed by atoms with E-state index in [-0.39, 0.29) is 0 Å². The van der Waals surface area contributed by atoms with Gasteiger partial charge in [-0.05, 0) is 19.1 Å². The first kappa shape index (κ1) is 8.25. The first-order valence-corrected chi connectivity index (χ1v) is 4.76. The molecule has 0 bridgehead atoms. The standard InChI is InChI=1S/C8H7NO3S/c1-5-2-3-7-6(4-5)8(10)12-13(11)9-7/h2-4,9H,1H3. The first-order valence-electron chi connectivity index (χ1n) is 3.68. The van der Waals surface area contributed by atoms with E-state index in [4.69, 9.17) is 0 Å². The predicted octanol–water partition coefficient (Wildman–Crippen LogP) is 1.16. The summed E-state index contributed by atoms with van der Waals surface area (Å²) in [6.45, 7) is 1.87. The highest BCUT2D eigenvalue weighted by atomic mass is 32.2. The van der Waals surface area contributed by atoms with Gasteiger partial charge in [0.25, 0.3) is 0 Å². The van der Waals surface area contributed by atoms with Gasteiger partial charge < -0.3 is 4.18 Å². The van der Waals surface area contributed by atoms with E-state index in [9.17, 15) is 9.00 Å². The number of hydrogen-bond donors (Lipinski definition) is 1. The van der Waals surface area contributed by atoms with Gasteiger partial charge in [-0.2, -0.15) is 4.21 Å². The zero-order valence-corrected chi connectivity index (χ0v) is 7.68. The van der Waals surface area contributed by atoms with Crippen molar-refractivity contribution < 1.29 is 13.2 Å². The van der Waals surface area contributed by atoms with Crippen LogP contribution in [0.5, 0.6) is 0 Å². The second-order valence-corrected chi connectivity index (χ2v) is 3.60. The molecular formula is C8H7NO3S. The topological polar surface area (TPSA) is 55.4 Å². The molecule has 0 spiro atoms. The largest absolute Gasteiger partial charge is 0.355 e. The highest BCUT2D eigenvalue weighted by Gasteiger charge is 2.22. The van der Waals surface area contributed by atoms with Crippen molar-refractivity contribution in [2.45, 2.75) is 6.92 Å². The molecule has 0 aliphatic carbocycles. The van der Waals surface area contributed by atoms with Crippen molar-refractivity contribution in [2.75, 3.05) is 4.72 Å². The van der Waals surface area contributed by atoms with Crippen LogP contribution >= 0.6 is 0 Å². The molecule has 0 fully saturated rings. The molecule has 1 aromatic rings. The molecule has 1 aliphatic heterocycles. The van der Waals surface area contributed by atoms with Gasteiger partial charge >= 0.3 is 17.2 Å². The Labute approximate surface area is 77.7 Å². The van der Waals surface area contributed by atoms with E-state index in [1.165, 1.54) is 0 Å². The molecule has 0 aromatic heterocycles. The average Bonchev–Trinajstić information content (AvgIpc) is 2.06. The fraction of sp³-hybridized carbons (Fsp3) is 0.125. The van der Waals surface area contributed by atoms with E-state index in [0.29, 0.717) is 11.3 Å². The van der Waals surface area contributed by atoms with E-state index in [2.05, 4.69) is 8.91 Å². The number of anilines is 1. The van der Waals surface area contributed by atoms with Crippen molar-refractivity contribution >= 4 is 22.9 Å². The molecule has 1 N–H and O–H groups in total. The fourth-order valence-electron chi connectivity index (χ4n) is 1.14. The maximum atomic E-state index is 11.2. The van der Waals surface area contributed by atoms with Crippen LogP contribution in [0.15, 0.2) is 18.2 Å². The van der Waals surface area contributed by atoms with Gasteiger partial charge in [-0.15, -0.1) is 0 Å². The number of nitrogens with one attached hydrogen (secondary N) is 1. The number of rotatable bonds is 0. The fourth-order valence-corrected chi connectivity index (χ4v) is 1.77. The van der Waals surface area contributed by atoms with Gasteiger partial charge in [0.2, 0.25) is 0 Å². The van der Waals surface area contributed by atoms with Crippen LogP contribution in [-0.4, -0.2) is 10.2 Å². The normalized spacial score (nSPS) is 20.1. The molecule has 1 unspecified atom stereocenters. The number of hydrogen-bond acceptors (Lipinski definition) is 3. The summed E-state index contributed by atoms with van der Waals surface area (Å²) in [5, 5.41) is 0. The maximum Gasteiger partial charge on any atom is 0.355 e. The minimum atomic E-state index is -1.74. The van der Waals surface area contributed by atoms with E-state index in [0.717, 1.165) is 5.56 Å². The van der Waals surface area contributed by atoms with E-state index < -0.39 is 17.2 Å². The minimum Gasteiger partial charge on any atom is -0.344 e. The molecular weight excluding hydrogens is 190 g/mol. The quantitative estimate of drug-likeness (QED) is 0.679. The van der Waals surface area contributed by atoms with Crippen LogP contribution in [0.2, 0.25) is 0 Å². The summed E-state index contributed by atoms with van der Waals surface area (Å²) in [6.07, 6.45) is 0. The van der Waals surface area contributed by atoms with Gasteiger partial charge in [0, 0.05) is 0 Å².